The van der Waals surface area contributed by atoms with Gasteiger partial charge in [0.1, 0.15) is 6.10 Å². The van der Waals surface area contributed by atoms with Gasteiger partial charge in [-0.3, -0.25) is 9.59 Å². The van der Waals surface area contributed by atoms with Crippen molar-refractivity contribution in [2.75, 3.05) is 13.2 Å². The molecule has 0 aromatic carbocycles. The van der Waals surface area contributed by atoms with E-state index in [2.05, 4.69) is 5.32 Å². The standard InChI is InChI=1S/C7H13N3O3.ClH/c8-4(6(9)11)3-5-7(12)10-1-2-13-5;/h4-5H,1-3,8H2,(H2,9,11)(H,10,12);1H/t4-,5-;/m0./s1. The summed E-state index contributed by atoms with van der Waals surface area (Å²) in [5.41, 5.74) is 10.3. The molecule has 14 heavy (non-hydrogen) atoms. The van der Waals surface area contributed by atoms with Gasteiger partial charge in [0.05, 0.1) is 12.6 Å². The Morgan fingerprint density at radius 3 is 2.86 bits per heavy atom. The lowest BCUT2D eigenvalue weighted by molar-refractivity contribution is -0.138. The highest BCUT2D eigenvalue weighted by Crippen LogP contribution is 2.04. The number of carbonyl (C=O) groups is 2. The minimum atomic E-state index is -0.825. The fourth-order valence-corrected chi connectivity index (χ4v) is 1.09. The molecule has 1 aliphatic rings. The monoisotopic (exact) mass is 223 g/mol. The number of hydrogen-bond donors (Lipinski definition) is 3. The van der Waals surface area contributed by atoms with Crippen LogP contribution >= 0.6 is 12.4 Å². The van der Waals surface area contributed by atoms with Crippen molar-refractivity contribution in [2.45, 2.75) is 18.6 Å². The molecule has 1 saturated heterocycles. The summed E-state index contributed by atoms with van der Waals surface area (Å²) in [5, 5.41) is 2.60. The Labute approximate surface area is 87.7 Å². The Hall–Kier alpha value is -0.850. The highest BCUT2D eigenvalue weighted by Gasteiger charge is 2.26. The van der Waals surface area contributed by atoms with Gasteiger partial charge in [0.2, 0.25) is 11.8 Å². The van der Waals surface area contributed by atoms with Gasteiger partial charge in [-0.15, -0.1) is 12.4 Å². The van der Waals surface area contributed by atoms with Gasteiger partial charge in [-0.2, -0.15) is 0 Å². The summed E-state index contributed by atoms with van der Waals surface area (Å²) in [6.07, 6.45) is -0.502. The van der Waals surface area contributed by atoms with Crippen LogP contribution in [0.5, 0.6) is 0 Å². The first-order chi connectivity index (χ1) is 6.11. The van der Waals surface area contributed by atoms with Crippen LogP contribution in [-0.2, 0) is 14.3 Å². The van der Waals surface area contributed by atoms with Crippen LogP contribution in [0, 0.1) is 0 Å². The second kappa shape index (κ2) is 5.79. The van der Waals surface area contributed by atoms with Gasteiger partial charge in [-0.1, -0.05) is 0 Å². The van der Waals surface area contributed by atoms with Crippen LogP contribution < -0.4 is 16.8 Å². The van der Waals surface area contributed by atoms with E-state index >= 15 is 0 Å². The highest BCUT2D eigenvalue weighted by molar-refractivity contribution is 5.85. The molecule has 0 aliphatic carbocycles. The first kappa shape index (κ1) is 13.2. The number of nitrogens with one attached hydrogen (secondary N) is 1. The van der Waals surface area contributed by atoms with E-state index in [9.17, 15) is 9.59 Å². The molecule has 0 aromatic heterocycles. The minimum Gasteiger partial charge on any atom is -0.368 e. The summed E-state index contributed by atoms with van der Waals surface area (Å²) in [7, 11) is 0. The molecule has 82 valence electrons. The molecule has 0 spiro atoms. The van der Waals surface area contributed by atoms with Crippen molar-refractivity contribution in [3.05, 3.63) is 0 Å². The molecule has 1 heterocycles. The van der Waals surface area contributed by atoms with Gasteiger partial charge >= 0.3 is 0 Å². The van der Waals surface area contributed by atoms with Gasteiger partial charge in [-0.05, 0) is 0 Å². The first-order valence-electron chi connectivity index (χ1n) is 4.05. The first-order valence-corrected chi connectivity index (χ1v) is 4.05. The summed E-state index contributed by atoms with van der Waals surface area (Å²) in [5.74, 6) is -0.857. The zero-order valence-corrected chi connectivity index (χ0v) is 8.38. The van der Waals surface area contributed by atoms with Crippen LogP contribution in [0.25, 0.3) is 0 Å². The van der Waals surface area contributed by atoms with Gasteiger partial charge in [0.15, 0.2) is 0 Å². The Morgan fingerprint density at radius 2 is 2.36 bits per heavy atom. The highest BCUT2D eigenvalue weighted by atomic mass is 35.5. The molecule has 1 fully saturated rings. The van der Waals surface area contributed by atoms with Crippen molar-refractivity contribution in [3.63, 3.8) is 0 Å². The van der Waals surface area contributed by atoms with E-state index in [1.807, 2.05) is 0 Å². The third kappa shape index (κ3) is 3.49. The third-order valence-corrected chi connectivity index (χ3v) is 1.85. The lowest BCUT2D eigenvalue weighted by atomic mass is 10.1. The summed E-state index contributed by atoms with van der Waals surface area (Å²) in [4.78, 5) is 21.7. The van der Waals surface area contributed by atoms with E-state index < -0.39 is 18.1 Å². The second-order valence-electron chi connectivity index (χ2n) is 2.90. The lowest BCUT2D eigenvalue weighted by Crippen LogP contribution is -2.49. The molecule has 0 radical (unpaired) electrons. The third-order valence-electron chi connectivity index (χ3n) is 1.85. The maximum Gasteiger partial charge on any atom is 0.249 e. The summed E-state index contributed by atoms with van der Waals surface area (Å²) in [6.45, 7) is 0.947. The van der Waals surface area contributed by atoms with E-state index in [4.69, 9.17) is 16.2 Å². The smallest absolute Gasteiger partial charge is 0.249 e. The molecular formula is C7H14ClN3O3. The average Bonchev–Trinajstić information content (AvgIpc) is 2.08. The zero-order valence-electron chi connectivity index (χ0n) is 7.56. The molecule has 6 nitrogen and oxygen atoms in total. The number of amides is 2. The average molecular weight is 224 g/mol. The van der Waals surface area contributed by atoms with Crippen LogP contribution in [0.2, 0.25) is 0 Å². The molecule has 2 atom stereocenters. The maximum absolute atomic E-state index is 11.1. The molecule has 1 rings (SSSR count). The Balaban J connectivity index is 0.00000169. The van der Waals surface area contributed by atoms with Crippen molar-refractivity contribution in [1.29, 1.82) is 0 Å². The molecular weight excluding hydrogens is 210 g/mol. The molecule has 0 unspecified atom stereocenters. The van der Waals surface area contributed by atoms with E-state index in [0.29, 0.717) is 13.2 Å². The largest absolute Gasteiger partial charge is 0.368 e. The summed E-state index contributed by atoms with van der Waals surface area (Å²) in [6, 6.07) is -0.825. The van der Waals surface area contributed by atoms with E-state index in [-0.39, 0.29) is 24.7 Å². The van der Waals surface area contributed by atoms with Crippen molar-refractivity contribution in [3.8, 4) is 0 Å². The van der Waals surface area contributed by atoms with Gasteiger partial charge < -0.3 is 21.5 Å². The van der Waals surface area contributed by atoms with Crippen LogP contribution in [0.4, 0.5) is 0 Å². The van der Waals surface area contributed by atoms with Crippen LogP contribution in [-0.4, -0.2) is 37.1 Å². The Morgan fingerprint density at radius 1 is 1.71 bits per heavy atom. The number of halogens is 1. The normalized spacial score (nSPS) is 23.2. The number of primary amides is 1. The fraction of sp³-hybridized carbons (Fsp3) is 0.714. The Bertz CT molecular complexity index is 224. The molecule has 0 bridgehead atoms. The fourth-order valence-electron chi connectivity index (χ4n) is 1.09. The van der Waals surface area contributed by atoms with E-state index in [1.165, 1.54) is 0 Å². The number of rotatable bonds is 3. The summed E-state index contributed by atoms with van der Waals surface area (Å²) < 4.78 is 5.11. The van der Waals surface area contributed by atoms with Gasteiger partial charge in [0, 0.05) is 13.0 Å². The number of carbonyl (C=O) groups excluding carboxylic acids is 2. The number of hydrogen-bond acceptors (Lipinski definition) is 4. The van der Waals surface area contributed by atoms with Crippen molar-refractivity contribution in [2.24, 2.45) is 11.5 Å². The SMILES string of the molecule is Cl.NC(=O)[C@@H](N)C[C@@H]1OCCNC1=O. The van der Waals surface area contributed by atoms with Crippen molar-refractivity contribution >= 4 is 24.2 Å². The van der Waals surface area contributed by atoms with Gasteiger partial charge in [0.25, 0.3) is 0 Å². The van der Waals surface area contributed by atoms with Crippen LogP contribution in [0.1, 0.15) is 6.42 Å². The quantitative estimate of drug-likeness (QED) is 0.521. The molecule has 7 heteroatoms. The minimum absolute atomic E-state index is 0. The molecule has 0 aromatic rings. The summed E-state index contributed by atoms with van der Waals surface area (Å²) >= 11 is 0. The predicted molar refractivity (Wildman–Crippen MR) is 51.8 cm³/mol. The maximum atomic E-state index is 11.1. The van der Waals surface area contributed by atoms with Crippen molar-refractivity contribution in [1.82, 2.24) is 5.32 Å². The number of ether oxygens (including phenoxy) is 1. The molecule has 2 amide bonds. The zero-order chi connectivity index (χ0) is 9.84. The van der Waals surface area contributed by atoms with Gasteiger partial charge in [-0.25, -0.2) is 0 Å². The molecule has 1 aliphatic heterocycles. The molecule has 0 saturated carbocycles. The van der Waals surface area contributed by atoms with E-state index in [0.717, 1.165) is 0 Å². The van der Waals surface area contributed by atoms with E-state index in [1.54, 1.807) is 0 Å². The second-order valence-corrected chi connectivity index (χ2v) is 2.90. The predicted octanol–water partition coefficient (Wildman–Crippen LogP) is -1.87. The van der Waals surface area contributed by atoms with Crippen LogP contribution in [0.15, 0.2) is 0 Å². The number of morpholine rings is 1. The number of nitrogens with two attached hydrogens (primary N) is 2. The van der Waals surface area contributed by atoms with Crippen molar-refractivity contribution < 1.29 is 14.3 Å². The molecule has 5 N–H and O–H groups in total. The lowest BCUT2D eigenvalue weighted by Gasteiger charge is -2.23. The van der Waals surface area contributed by atoms with Crippen LogP contribution in [0.3, 0.4) is 0 Å². The topological polar surface area (TPSA) is 107 Å². The Kier molecular flexibility index (Phi) is 5.44.